The van der Waals surface area contributed by atoms with Crippen LogP contribution < -0.4 is 0 Å². The average molecular weight is 218 g/mol. The van der Waals surface area contributed by atoms with Gasteiger partial charge in [0, 0.05) is 23.2 Å². The topological polar surface area (TPSA) is 17.8 Å². The van der Waals surface area contributed by atoms with Crippen molar-refractivity contribution in [1.82, 2.24) is 9.55 Å². The summed E-state index contributed by atoms with van der Waals surface area (Å²) in [6, 6.07) is 10.6. The van der Waals surface area contributed by atoms with Crippen LogP contribution in [0.4, 0.5) is 0 Å². The van der Waals surface area contributed by atoms with Crippen LogP contribution in [0.2, 0.25) is 0 Å². The summed E-state index contributed by atoms with van der Waals surface area (Å²) in [5, 5.41) is 2.55. The van der Waals surface area contributed by atoms with E-state index in [1.807, 2.05) is 18.3 Å². The number of hydrogen-bond donors (Lipinski definition) is 0. The van der Waals surface area contributed by atoms with E-state index < -0.39 is 0 Å². The fourth-order valence-electron chi connectivity index (χ4n) is 2.53. The van der Waals surface area contributed by atoms with Crippen molar-refractivity contribution in [1.29, 1.82) is 0 Å². The first kappa shape index (κ1) is 8.76. The van der Waals surface area contributed by atoms with Gasteiger partial charge < -0.3 is 4.57 Å². The lowest BCUT2D eigenvalue weighted by Crippen LogP contribution is -1.88. The molecule has 4 rings (SSSR count). The van der Waals surface area contributed by atoms with E-state index in [9.17, 15) is 0 Å². The minimum absolute atomic E-state index is 1.03. The average Bonchev–Trinajstić information content (AvgIpc) is 2.56. The maximum atomic E-state index is 4.45. The Balaban J connectivity index is 2.39. The summed E-state index contributed by atoms with van der Waals surface area (Å²) in [4.78, 5) is 4.45. The number of fused-ring (bicyclic) bond motifs is 3. The van der Waals surface area contributed by atoms with Crippen molar-refractivity contribution in [3.63, 3.8) is 0 Å². The van der Waals surface area contributed by atoms with Crippen LogP contribution in [0.5, 0.6) is 0 Å². The molecular weight excluding hydrogens is 208 g/mol. The zero-order chi connectivity index (χ0) is 11.2. The first-order valence-electron chi connectivity index (χ1n) is 5.68. The van der Waals surface area contributed by atoms with Gasteiger partial charge in [-0.15, -0.1) is 0 Å². The van der Waals surface area contributed by atoms with Gasteiger partial charge in [-0.2, -0.15) is 0 Å². The molecule has 0 bridgehead atoms. The van der Waals surface area contributed by atoms with Crippen molar-refractivity contribution in [2.24, 2.45) is 0 Å². The van der Waals surface area contributed by atoms with Crippen LogP contribution >= 0.6 is 0 Å². The summed E-state index contributed by atoms with van der Waals surface area (Å²) in [5.41, 5.74) is 3.46. The maximum absolute atomic E-state index is 4.45. The van der Waals surface area contributed by atoms with Gasteiger partial charge in [0.1, 0.15) is 0 Å². The van der Waals surface area contributed by atoms with Gasteiger partial charge in [-0.1, -0.05) is 24.3 Å². The van der Waals surface area contributed by atoms with Gasteiger partial charge in [0.15, 0.2) is 0 Å². The molecule has 1 aliphatic heterocycles. The third-order valence-electron chi connectivity index (χ3n) is 3.25. The molecule has 1 aliphatic rings. The van der Waals surface area contributed by atoms with Gasteiger partial charge in [-0.3, -0.25) is 4.98 Å². The molecule has 3 heterocycles. The Morgan fingerprint density at radius 2 is 1.88 bits per heavy atom. The van der Waals surface area contributed by atoms with E-state index in [0.29, 0.717) is 0 Å². The lowest BCUT2D eigenvalue weighted by molar-refractivity contribution is 1.24. The van der Waals surface area contributed by atoms with E-state index in [2.05, 4.69) is 52.2 Å². The molecule has 0 radical (unpaired) electrons. The Morgan fingerprint density at radius 1 is 0.941 bits per heavy atom. The van der Waals surface area contributed by atoms with E-state index >= 15 is 0 Å². The molecule has 17 heavy (non-hydrogen) atoms. The molecule has 1 aromatic carbocycles. The number of hydrogen-bond acceptors (Lipinski definition) is 1. The molecule has 0 spiro atoms. The third-order valence-corrected chi connectivity index (χ3v) is 3.25. The molecule has 2 heteroatoms. The first-order chi connectivity index (χ1) is 8.45. The van der Waals surface area contributed by atoms with Crippen LogP contribution in [-0.4, -0.2) is 9.55 Å². The van der Waals surface area contributed by atoms with Crippen molar-refractivity contribution in [3.05, 3.63) is 54.4 Å². The molecule has 0 saturated carbocycles. The Kier molecular flexibility index (Phi) is 1.59. The van der Waals surface area contributed by atoms with Gasteiger partial charge in [0.05, 0.1) is 16.7 Å². The molecule has 0 N–H and O–H groups in total. The number of benzene rings is 1. The molecule has 0 atom stereocenters. The lowest BCUT2D eigenvalue weighted by Gasteiger charge is -2.00. The van der Waals surface area contributed by atoms with Gasteiger partial charge >= 0.3 is 0 Å². The SMILES string of the molecule is C1=Cc2nccc3c4ccccc4n(c23)C=C1. The smallest absolute Gasteiger partial charge is 0.0876 e. The monoisotopic (exact) mass is 218 g/mol. The van der Waals surface area contributed by atoms with Crippen LogP contribution in [0, 0.1) is 0 Å². The number of pyridine rings is 1. The molecule has 0 fully saturated rings. The van der Waals surface area contributed by atoms with Crippen molar-refractivity contribution in [3.8, 4) is 0 Å². The summed E-state index contributed by atoms with van der Waals surface area (Å²) in [5.74, 6) is 0. The van der Waals surface area contributed by atoms with Crippen molar-refractivity contribution < 1.29 is 0 Å². The number of rotatable bonds is 0. The molecule has 0 aliphatic carbocycles. The summed E-state index contributed by atoms with van der Waals surface area (Å²) >= 11 is 0. The highest BCUT2D eigenvalue weighted by molar-refractivity contribution is 6.11. The third kappa shape index (κ3) is 1.07. The normalized spacial score (nSPS) is 13.4. The number of allylic oxidation sites excluding steroid dienone is 2. The standard InChI is InChI=1S/C15H10N2/c1-2-7-14-11(5-1)12-8-9-16-13-6-3-4-10-17(14)15(12)13/h1-10H. The predicted molar refractivity (Wildman–Crippen MR) is 71.6 cm³/mol. The fraction of sp³-hybridized carbons (Fsp3) is 0. The van der Waals surface area contributed by atoms with Gasteiger partial charge in [0.25, 0.3) is 0 Å². The van der Waals surface area contributed by atoms with Crippen molar-refractivity contribution >= 4 is 34.1 Å². The molecule has 80 valence electrons. The second-order valence-electron chi connectivity index (χ2n) is 4.18. The van der Waals surface area contributed by atoms with Crippen LogP contribution in [-0.2, 0) is 0 Å². The van der Waals surface area contributed by atoms with Crippen LogP contribution in [0.3, 0.4) is 0 Å². The van der Waals surface area contributed by atoms with Gasteiger partial charge in [0.2, 0.25) is 0 Å². The summed E-state index contributed by atoms with van der Waals surface area (Å²) in [7, 11) is 0. The highest BCUT2D eigenvalue weighted by Gasteiger charge is 2.12. The maximum Gasteiger partial charge on any atom is 0.0876 e. The first-order valence-corrected chi connectivity index (χ1v) is 5.68. The largest absolute Gasteiger partial charge is 0.314 e. The molecule has 2 nitrogen and oxygen atoms in total. The Morgan fingerprint density at radius 3 is 2.88 bits per heavy atom. The number of nitrogens with zero attached hydrogens (tertiary/aromatic N) is 2. The zero-order valence-electron chi connectivity index (χ0n) is 9.17. The Bertz CT molecular complexity index is 791. The van der Waals surface area contributed by atoms with E-state index in [1.165, 1.54) is 21.8 Å². The molecule has 2 aromatic heterocycles. The number of para-hydroxylation sites is 1. The van der Waals surface area contributed by atoms with Crippen molar-refractivity contribution in [2.75, 3.05) is 0 Å². The molecule has 0 unspecified atom stereocenters. The van der Waals surface area contributed by atoms with Crippen LogP contribution in [0.15, 0.2) is 48.7 Å². The Hall–Kier alpha value is -2.35. The fourth-order valence-corrected chi connectivity index (χ4v) is 2.53. The van der Waals surface area contributed by atoms with E-state index in [0.717, 1.165) is 5.69 Å². The minimum Gasteiger partial charge on any atom is -0.314 e. The molecule has 0 saturated heterocycles. The van der Waals surface area contributed by atoms with Crippen LogP contribution in [0.1, 0.15) is 5.69 Å². The zero-order valence-corrected chi connectivity index (χ0v) is 9.17. The summed E-state index contributed by atoms with van der Waals surface area (Å²) in [6.07, 6.45) is 10.1. The number of aromatic nitrogens is 2. The van der Waals surface area contributed by atoms with E-state index in [-0.39, 0.29) is 0 Å². The quantitative estimate of drug-likeness (QED) is 0.562. The predicted octanol–water partition coefficient (Wildman–Crippen LogP) is 3.69. The summed E-state index contributed by atoms with van der Waals surface area (Å²) in [6.45, 7) is 0. The second kappa shape index (κ2) is 3.08. The summed E-state index contributed by atoms with van der Waals surface area (Å²) < 4.78 is 2.22. The minimum atomic E-state index is 1.03. The lowest BCUT2D eigenvalue weighted by atomic mass is 10.1. The Labute approximate surface area is 98.5 Å². The van der Waals surface area contributed by atoms with E-state index in [1.54, 1.807) is 0 Å². The second-order valence-corrected chi connectivity index (χ2v) is 4.18. The molecule has 0 amide bonds. The van der Waals surface area contributed by atoms with Crippen LogP contribution in [0.25, 0.3) is 34.1 Å². The van der Waals surface area contributed by atoms with E-state index in [4.69, 9.17) is 0 Å². The van der Waals surface area contributed by atoms with Crippen molar-refractivity contribution in [2.45, 2.75) is 0 Å². The molecule has 3 aromatic rings. The van der Waals surface area contributed by atoms with Gasteiger partial charge in [-0.05, 0) is 24.3 Å². The van der Waals surface area contributed by atoms with Gasteiger partial charge in [-0.25, -0.2) is 0 Å². The highest BCUT2D eigenvalue weighted by Crippen LogP contribution is 2.31. The molecular formula is C15H10N2. The highest BCUT2D eigenvalue weighted by atomic mass is 15.0.